The highest BCUT2D eigenvalue weighted by molar-refractivity contribution is 5.89. The lowest BCUT2D eigenvalue weighted by atomic mass is 9.95. The summed E-state index contributed by atoms with van der Waals surface area (Å²) < 4.78 is 4.65. The van der Waals surface area contributed by atoms with Crippen molar-refractivity contribution in [1.82, 2.24) is 5.32 Å². The summed E-state index contributed by atoms with van der Waals surface area (Å²) in [5.74, 6) is 0.0818. The number of methoxy groups -OCH3 is 1. The molecular weight excluding hydrogens is 268 g/mol. The molecule has 1 amide bonds. The highest BCUT2D eigenvalue weighted by Gasteiger charge is 2.31. The Kier molecular flexibility index (Phi) is 5.33. The number of carbonyl (C=O) groups is 2. The first-order chi connectivity index (χ1) is 10.2. The Bertz CT molecular complexity index is 499. The summed E-state index contributed by atoms with van der Waals surface area (Å²) in [6.07, 6.45) is 3.05. The molecule has 5 heteroatoms. The average molecular weight is 290 g/mol. The van der Waals surface area contributed by atoms with Crippen LogP contribution in [0.3, 0.4) is 0 Å². The molecule has 1 aliphatic carbocycles. The van der Waals surface area contributed by atoms with Crippen LogP contribution in [0, 0.1) is 11.8 Å². The third-order valence-electron chi connectivity index (χ3n) is 4.14. The van der Waals surface area contributed by atoms with E-state index in [4.69, 9.17) is 5.73 Å². The van der Waals surface area contributed by atoms with E-state index in [1.807, 2.05) is 12.1 Å². The number of amides is 1. The molecule has 0 saturated heterocycles. The highest BCUT2D eigenvalue weighted by Crippen LogP contribution is 2.30. The second-order valence-corrected chi connectivity index (χ2v) is 5.44. The molecule has 2 rings (SSSR count). The lowest BCUT2D eigenvalue weighted by molar-refractivity contribution is -0.126. The minimum absolute atomic E-state index is 0.0457. The number of nitrogens with two attached hydrogens (primary N) is 1. The van der Waals surface area contributed by atoms with Crippen LogP contribution in [-0.2, 0) is 16.1 Å². The monoisotopic (exact) mass is 290 g/mol. The number of carbonyl (C=O) groups excluding carboxylic acids is 2. The normalized spacial score (nSPS) is 21.0. The van der Waals surface area contributed by atoms with Crippen LogP contribution >= 0.6 is 0 Å². The second-order valence-electron chi connectivity index (χ2n) is 5.44. The van der Waals surface area contributed by atoms with Crippen molar-refractivity contribution in [3.8, 4) is 0 Å². The van der Waals surface area contributed by atoms with E-state index in [2.05, 4.69) is 10.1 Å². The fraction of sp³-hybridized carbons (Fsp3) is 0.500. The maximum Gasteiger partial charge on any atom is 0.337 e. The molecular formula is C16H22N2O3. The second kappa shape index (κ2) is 7.22. The van der Waals surface area contributed by atoms with Gasteiger partial charge in [0.1, 0.15) is 0 Å². The Morgan fingerprint density at radius 2 is 2.00 bits per heavy atom. The molecule has 2 atom stereocenters. The lowest BCUT2D eigenvalue weighted by Gasteiger charge is -2.17. The van der Waals surface area contributed by atoms with Crippen LogP contribution < -0.4 is 11.1 Å². The van der Waals surface area contributed by atoms with Crippen LogP contribution in [0.2, 0.25) is 0 Å². The van der Waals surface area contributed by atoms with Gasteiger partial charge < -0.3 is 15.8 Å². The summed E-state index contributed by atoms with van der Waals surface area (Å²) in [5, 5.41) is 2.96. The van der Waals surface area contributed by atoms with Crippen LogP contribution in [0.25, 0.3) is 0 Å². The van der Waals surface area contributed by atoms with E-state index < -0.39 is 0 Å². The van der Waals surface area contributed by atoms with Gasteiger partial charge >= 0.3 is 5.97 Å². The molecule has 1 aliphatic rings. The maximum absolute atomic E-state index is 12.2. The fourth-order valence-corrected chi connectivity index (χ4v) is 2.86. The Hall–Kier alpha value is -1.88. The fourth-order valence-electron chi connectivity index (χ4n) is 2.86. The summed E-state index contributed by atoms with van der Waals surface area (Å²) in [7, 11) is 1.35. The summed E-state index contributed by atoms with van der Waals surface area (Å²) in [6.45, 7) is 1.04. The first-order valence-electron chi connectivity index (χ1n) is 7.30. The van der Waals surface area contributed by atoms with Crippen molar-refractivity contribution in [1.29, 1.82) is 0 Å². The van der Waals surface area contributed by atoms with Crippen LogP contribution in [0.5, 0.6) is 0 Å². The van der Waals surface area contributed by atoms with Gasteiger partial charge in [0, 0.05) is 12.5 Å². The number of esters is 1. The maximum atomic E-state index is 12.2. The van der Waals surface area contributed by atoms with Crippen molar-refractivity contribution in [2.45, 2.75) is 25.8 Å². The van der Waals surface area contributed by atoms with Crippen molar-refractivity contribution in [2.75, 3.05) is 13.7 Å². The van der Waals surface area contributed by atoms with Crippen molar-refractivity contribution >= 4 is 11.9 Å². The number of ether oxygens (including phenoxy) is 1. The lowest BCUT2D eigenvalue weighted by Crippen LogP contribution is -2.34. The standard InChI is InChI=1S/C16H22N2O3/c1-21-16(20)12-7-5-11(6-8-12)10-18-15(19)14-4-2-3-13(14)9-17/h5-8,13-14H,2-4,9-10,17H2,1H3,(H,18,19). The van der Waals surface area contributed by atoms with Gasteiger partial charge in [-0.05, 0) is 43.0 Å². The Morgan fingerprint density at radius 3 is 2.62 bits per heavy atom. The largest absolute Gasteiger partial charge is 0.465 e. The minimum Gasteiger partial charge on any atom is -0.465 e. The Balaban J connectivity index is 1.88. The Morgan fingerprint density at radius 1 is 1.29 bits per heavy atom. The van der Waals surface area contributed by atoms with E-state index in [0.717, 1.165) is 24.8 Å². The van der Waals surface area contributed by atoms with E-state index in [0.29, 0.717) is 24.6 Å². The molecule has 1 fully saturated rings. The van der Waals surface area contributed by atoms with Crippen molar-refractivity contribution < 1.29 is 14.3 Å². The predicted octanol–water partition coefficient (Wildman–Crippen LogP) is 1.46. The van der Waals surface area contributed by atoms with Crippen LogP contribution in [0.1, 0.15) is 35.2 Å². The van der Waals surface area contributed by atoms with Gasteiger partial charge in [0.25, 0.3) is 0 Å². The van der Waals surface area contributed by atoms with E-state index >= 15 is 0 Å². The summed E-state index contributed by atoms with van der Waals surface area (Å²) in [5.41, 5.74) is 7.17. The van der Waals surface area contributed by atoms with Crippen molar-refractivity contribution in [2.24, 2.45) is 17.6 Å². The van der Waals surface area contributed by atoms with E-state index in [9.17, 15) is 9.59 Å². The van der Waals surface area contributed by atoms with Gasteiger partial charge in [-0.3, -0.25) is 4.79 Å². The third kappa shape index (κ3) is 3.82. The van der Waals surface area contributed by atoms with E-state index in [1.54, 1.807) is 12.1 Å². The molecule has 1 aromatic carbocycles. The molecule has 0 radical (unpaired) electrons. The Labute approximate surface area is 124 Å². The van der Waals surface area contributed by atoms with E-state index in [-0.39, 0.29) is 17.8 Å². The smallest absolute Gasteiger partial charge is 0.337 e. The molecule has 0 spiro atoms. The average Bonchev–Trinajstić information content (AvgIpc) is 3.01. The van der Waals surface area contributed by atoms with Crippen molar-refractivity contribution in [3.05, 3.63) is 35.4 Å². The van der Waals surface area contributed by atoms with E-state index in [1.165, 1.54) is 7.11 Å². The quantitative estimate of drug-likeness (QED) is 0.805. The summed E-state index contributed by atoms with van der Waals surface area (Å²) in [4.78, 5) is 23.5. The SMILES string of the molecule is COC(=O)c1ccc(CNC(=O)C2CCCC2CN)cc1. The topological polar surface area (TPSA) is 81.4 Å². The zero-order valence-electron chi connectivity index (χ0n) is 12.3. The number of hydrogen-bond donors (Lipinski definition) is 2. The molecule has 0 heterocycles. The van der Waals surface area contributed by atoms with Crippen LogP contribution in [-0.4, -0.2) is 25.5 Å². The molecule has 2 unspecified atom stereocenters. The first-order valence-corrected chi connectivity index (χ1v) is 7.30. The molecule has 0 aliphatic heterocycles. The molecule has 0 aromatic heterocycles. The third-order valence-corrected chi connectivity index (χ3v) is 4.14. The van der Waals surface area contributed by atoms with Gasteiger partial charge in [0.2, 0.25) is 5.91 Å². The zero-order valence-corrected chi connectivity index (χ0v) is 12.3. The van der Waals surface area contributed by atoms with Gasteiger partial charge in [-0.25, -0.2) is 4.79 Å². The van der Waals surface area contributed by atoms with Gasteiger partial charge in [-0.1, -0.05) is 18.6 Å². The van der Waals surface area contributed by atoms with Gasteiger partial charge in [0.05, 0.1) is 12.7 Å². The van der Waals surface area contributed by atoms with Crippen molar-refractivity contribution in [3.63, 3.8) is 0 Å². The zero-order chi connectivity index (χ0) is 15.2. The van der Waals surface area contributed by atoms with Gasteiger partial charge in [0.15, 0.2) is 0 Å². The minimum atomic E-state index is -0.359. The van der Waals surface area contributed by atoms with Gasteiger partial charge in [-0.15, -0.1) is 0 Å². The number of hydrogen-bond acceptors (Lipinski definition) is 4. The molecule has 0 bridgehead atoms. The molecule has 114 valence electrons. The van der Waals surface area contributed by atoms with Crippen LogP contribution in [0.4, 0.5) is 0 Å². The predicted molar refractivity (Wildman–Crippen MR) is 79.5 cm³/mol. The number of nitrogens with one attached hydrogen (secondary N) is 1. The summed E-state index contributed by atoms with van der Waals surface area (Å²) >= 11 is 0. The molecule has 3 N–H and O–H groups in total. The van der Waals surface area contributed by atoms with Gasteiger partial charge in [-0.2, -0.15) is 0 Å². The van der Waals surface area contributed by atoms with Crippen LogP contribution in [0.15, 0.2) is 24.3 Å². The molecule has 1 aromatic rings. The molecule has 1 saturated carbocycles. The number of benzene rings is 1. The number of rotatable bonds is 5. The first kappa shape index (κ1) is 15.5. The highest BCUT2D eigenvalue weighted by atomic mass is 16.5. The summed E-state index contributed by atoms with van der Waals surface area (Å²) in [6, 6.07) is 7.04. The molecule has 5 nitrogen and oxygen atoms in total. The molecule has 21 heavy (non-hydrogen) atoms.